The van der Waals surface area contributed by atoms with Gasteiger partial charge < -0.3 is 0 Å². The SMILES string of the molecule is N#CSC(c1ccccc1)c1ccccc1. The highest BCUT2D eigenvalue weighted by Crippen LogP contribution is 2.34. The maximum absolute atomic E-state index is 8.87. The lowest BCUT2D eigenvalue weighted by Gasteiger charge is -2.13. The van der Waals surface area contributed by atoms with Gasteiger partial charge in [-0.3, -0.25) is 0 Å². The van der Waals surface area contributed by atoms with Crippen LogP contribution in [0.5, 0.6) is 0 Å². The monoisotopic (exact) mass is 225 g/mol. The summed E-state index contributed by atoms with van der Waals surface area (Å²) < 4.78 is 0. The fourth-order valence-electron chi connectivity index (χ4n) is 1.64. The smallest absolute Gasteiger partial charge is 0.134 e. The molecular weight excluding hydrogens is 214 g/mol. The van der Waals surface area contributed by atoms with Crippen LogP contribution in [0.3, 0.4) is 0 Å². The Balaban J connectivity index is 2.36. The van der Waals surface area contributed by atoms with Gasteiger partial charge in [0.1, 0.15) is 5.40 Å². The van der Waals surface area contributed by atoms with Crippen LogP contribution in [0.1, 0.15) is 16.4 Å². The third kappa shape index (κ3) is 2.44. The number of hydrogen-bond acceptors (Lipinski definition) is 2. The predicted molar refractivity (Wildman–Crippen MR) is 67.9 cm³/mol. The third-order valence-corrected chi connectivity index (χ3v) is 3.26. The molecule has 2 heteroatoms. The highest BCUT2D eigenvalue weighted by atomic mass is 32.2. The van der Waals surface area contributed by atoms with E-state index < -0.39 is 0 Å². The van der Waals surface area contributed by atoms with Crippen molar-refractivity contribution >= 4 is 11.8 Å². The van der Waals surface area contributed by atoms with Crippen LogP contribution in [-0.4, -0.2) is 0 Å². The number of hydrogen-bond donors (Lipinski definition) is 0. The van der Waals surface area contributed by atoms with Crippen LogP contribution in [0.25, 0.3) is 0 Å². The van der Waals surface area contributed by atoms with Crippen LogP contribution in [0.15, 0.2) is 60.7 Å². The molecule has 0 spiro atoms. The highest BCUT2D eigenvalue weighted by Gasteiger charge is 2.13. The molecule has 1 nitrogen and oxygen atoms in total. The van der Waals surface area contributed by atoms with E-state index in [0.717, 1.165) is 0 Å². The van der Waals surface area contributed by atoms with E-state index in [1.807, 2.05) is 36.4 Å². The van der Waals surface area contributed by atoms with Crippen LogP contribution in [-0.2, 0) is 0 Å². The number of thiocyanates is 1. The molecule has 0 radical (unpaired) electrons. The number of nitriles is 1. The molecule has 0 atom stereocenters. The van der Waals surface area contributed by atoms with E-state index in [1.54, 1.807) is 0 Å². The van der Waals surface area contributed by atoms with Gasteiger partial charge in [-0.05, 0) is 22.9 Å². The molecule has 0 aromatic heterocycles. The molecule has 0 N–H and O–H groups in total. The fraction of sp³-hybridized carbons (Fsp3) is 0.0714. The van der Waals surface area contributed by atoms with E-state index >= 15 is 0 Å². The van der Waals surface area contributed by atoms with Crippen molar-refractivity contribution in [3.63, 3.8) is 0 Å². The second-order valence-electron chi connectivity index (χ2n) is 3.41. The van der Waals surface area contributed by atoms with Crippen LogP contribution < -0.4 is 0 Å². The first-order chi connectivity index (χ1) is 7.92. The average Bonchev–Trinajstić information content (AvgIpc) is 2.38. The Morgan fingerprint density at radius 1 is 0.812 bits per heavy atom. The summed E-state index contributed by atoms with van der Waals surface area (Å²) in [6.45, 7) is 0. The van der Waals surface area contributed by atoms with Crippen molar-refractivity contribution in [1.29, 1.82) is 5.26 Å². The minimum atomic E-state index is 0.104. The van der Waals surface area contributed by atoms with Crippen molar-refractivity contribution in [3.8, 4) is 5.40 Å². The summed E-state index contributed by atoms with van der Waals surface area (Å²) in [5.74, 6) is 0. The van der Waals surface area contributed by atoms with Gasteiger partial charge in [0.2, 0.25) is 0 Å². The summed E-state index contributed by atoms with van der Waals surface area (Å²) >= 11 is 1.29. The average molecular weight is 225 g/mol. The summed E-state index contributed by atoms with van der Waals surface area (Å²) in [4.78, 5) is 0. The van der Waals surface area contributed by atoms with Crippen molar-refractivity contribution in [2.45, 2.75) is 5.25 Å². The summed E-state index contributed by atoms with van der Waals surface area (Å²) in [5.41, 5.74) is 2.33. The van der Waals surface area contributed by atoms with Crippen LogP contribution >= 0.6 is 11.8 Å². The molecule has 0 aliphatic carbocycles. The Labute approximate surface area is 99.7 Å². The van der Waals surface area contributed by atoms with Crippen molar-refractivity contribution < 1.29 is 0 Å². The highest BCUT2D eigenvalue weighted by molar-refractivity contribution is 8.04. The first kappa shape index (κ1) is 10.8. The van der Waals surface area contributed by atoms with Crippen LogP contribution in [0.4, 0.5) is 0 Å². The number of benzene rings is 2. The maximum atomic E-state index is 8.87. The number of thioether (sulfide) groups is 1. The van der Waals surface area contributed by atoms with Crippen molar-refractivity contribution in [2.24, 2.45) is 0 Å². The van der Waals surface area contributed by atoms with Crippen molar-refractivity contribution in [3.05, 3.63) is 71.8 Å². The Hall–Kier alpha value is -1.72. The summed E-state index contributed by atoms with van der Waals surface area (Å²) in [6.07, 6.45) is 0. The first-order valence-corrected chi connectivity index (χ1v) is 5.94. The number of nitrogens with zero attached hydrogens (tertiary/aromatic N) is 1. The van der Waals surface area contributed by atoms with E-state index in [9.17, 15) is 0 Å². The van der Waals surface area contributed by atoms with Gasteiger partial charge >= 0.3 is 0 Å². The van der Waals surface area contributed by atoms with Gasteiger partial charge in [0.15, 0.2) is 0 Å². The fourth-order valence-corrected chi connectivity index (χ4v) is 2.33. The van der Waals surface area contributed by atoms with E-state index in [4.69, 9.17) is 5.26 Å². The molecule has 2 aromatic carbocycles. The Kier molecular flexibility index (Phi) is 3.63. The normalized spacial score (nSPS) is 10.0. The van der Waals surface area contributed by atoms with Gasteiger partial charge in [0.05, 0.1) is 5.25 Å². The molecule has 78 valence electrons. The Morgan fingerprint density at radius 3 is 1.62 bits per heavy atom. The van der Waals surface area contributed by atoms with Crippen LogP contribution in [0, 0.1) is 10.7 Å². The molecule has 0 saturated carbocycles. The standard InChI is InChI=1S/C14H11NS/c15-11-16-14(12-7-3-1-4-8-12)13-9-5-2-6-10-13/h1-10,14H. The van der Waals surface area contributed by atoms with Gasteiger partial charge in [-0.1, -0.05) is 60.7 Å². The summed E-state index contributed by atoms with van der Waals surface area (Å²) in [7, 11) is 0. The first-order valence-electron chi connectivity index (χ1n) is 5.06. The number of rotatable bonds is 3. The molecule has 0 unspecified atom stereocenters. The lowest BCUT2D eigenvalue weighted by atomic mass is 10.0. The third-order valence-electron chi connectivity index (χ3n) is 2.38. The van der Waals surface area contributed by atoms with Gasteiger partial charge in [-0.15, -0.1) is 0 Å². The minimum Gasteiger partial charge on any atom is -0.185 e. The molecule has 0 aliphatic rings. The van der Waals surface area contributed by atoms with E-state index in [0.29, 0.717) is 0 Å². The van der Waals surface area contributed by atoms with Crippen molar-refractivity contribution in [1.82, 2.24) is 0 Å². The molecular formula is C14H11NS. The van der Waals surface area contributed by atoms with Gasteiger partial charge in [0, 0.05) is 0 Å². The zero-order valence-corrected chi connectivity index (χ0v) is 9.52. The predicted octanol–water partition coefficient (Wildman–Crippen LogP) is 3.99. The molecule has 0 fully saturated rings. The maximum Gasteiger partial charge on any atom is 0.134 e. The molecule has 16 heavy (non-hydrogen) atoms. The van der Waals surface area contributed by atoms with Crippen LogP contribution in [0.2, 0.25) is 0 Å². The quantitative estimate of drug-likeness (QED) is 0.737. The van der Waals surface area contributed by atoms with E-state index in [2.05, 4.69) is 29.7 Å². The molecule has 0 saturated heterocycles. The topological polar surface area (TPSA) is 23.8 Å². The van der Waals surface area contributed by atoms with Gasteiger partial charge in [-0.25, -0.2) is 0 Å². The summed E-state index contributed by atoms with van der Waals surface area (Å²) in [5, 5.41) is 11.2. The minimum absolute atomic E-state index is 0.104. The lowest BCUT2D eigenvalue weighted by molar-refractivity contribution is 1.16. The Morgan fingerprint density at radius 2 is 1.25 bits per heavy atom. The summed E-state index contributed by atoms with van der Waals surface area (Å²) in [6, 6.07) is 20.2. The largest absolute Gasteiger partial charge is 0.185 e. The molecule has 2 rings (SSSR count). The molecule has 0 aliphatic heterocycles. The van der Waals surface area contributed by atoms with Crippen molar-refractivity contribution in [2.75, 3.05) is 0 Å². The van der Waals surface area contributed by atoms with E-state index in [1.165, 1.54) is 22.9 Å². The second-order valence-corrected chi connectivity index (χ2v) is 4.30. The zero-order chi connectivity index (χ0) is 11.2. The molecule has 0 heterocycles. The molecule has 0 bridgehead atoms. The molecule has 0 amide bonds. The van der Waals surface area contributed by atoms with Gasteiger partial charge in [-0.2, -0.15) is 5.26 Å². The van der Waals surface area contributed by atoms with E-state index in [-0.39, 0.29) is 5.25 Å². The molecule has 2 aromatic rings. The Bertz CT molecular complexity index is 434. The second kappa shape index (κ2) is 5.39. The van der Waals surface area contributed by atoms with Gasteiger partial charge in [0.25, 0.3) is 0 Å². The zero-order valence-electron chi connectivity index (χ0n) is 8.71. The lowest BCUT2D eigenvalue weighted by Crippen LogP contribution is -1.94.